The van der Waals surface area contributed by atoms with Crippen molar-refractivity contribution in [3.05, 3.63) is 53.6 Å². The molecule has 1 atom stereocenters. The lowest BCUT2D eigenvalue weighted by Crippen LogP contribution is -2.23. The van der Waals surface area contributed by atoms with Crippen LogP contribution in [0.2, 0.25) is 0 Å². The van der Waals surface area contributed by atoms with Gasteiger partial charge in [0, 0.05) is 18.8 Å². The van der Waals surface area contributed by atoms with Gasteiger partial charge in [-0.2, -0.15) is 0 Å². The molecule has 0 radical (unpaired) electrons. The van der Waals surface area contributed by atoms with E-state index in [0.717, 1.165) is 31.0 Å². The number of ether oxygens (including phenoxy) is 3. The number of sulfone groups is 1. The van der Waals surface area contributed by atoms with Gasteiger partial charge in [0.15, 0.2) is 21.3 Å². The van der Waals surface area contributed by atoms with E-state index >= 15 is 0 Å². The third-order valence-corrected chi connectivity index (χ3v) is 6.25. The van der Waals surface area contributed by atoms with Gasteiger partial charge in [0.05, 0.1) is 5.75 Å². The molecule has 0 amide bonds. The van der Waals surface area contributed by atoms with Crippen LogP contribution >= 0.6 is 0 Å². The number of fused-ring (bicyclic) bond motifs is 1. The molecule has 1 saturated heterocycles. The highest BCUT2D eigenvalue weighted by molar-refractivity contribution is 7.90. The van der Waals surface area contributed by atoms with E-state index in [-0.39, 0.29) is 12.4 Å². The molecule has 7 heteroatoms. The minimum Gasteiger partial charge on any atom is -0.493 e. The summed E-state index contributed by atoms with van der Waals surface area (Å²) in [6.07, 6.45) is 3.52. The zero-order chi connectivity index (χ0) is 20.3. The van der Waals surface area contributed by atoms with E-state index in [2.05, 4.69) is 29.2 Å². The summed E-state index contributed by atoms with van der Waals surface area (Å²) in [7, 11) is -3.01. The molecule has 2 aromatic carbocycles. The molecule has 2 aliphatic heterocycles. The second-order valence-electron chi connectivity index (χ2n) is 7.65. The average Bonchev–Trinajstić information content (AvgIpc) is 3.16. The molecule has 0 unspecified atom stereocenters. The van der Waals surface area contributed by atoms with E-state index in [0.29, 0.717) is 25.0 Å². The summed E-state index contributed by atoms with van der Waals surface area (Å²) < 4.78 is 39.3. The van der Waals surface area contributed by atoms with Gasteiger partial charge in [-0.25, -0.2) is 8.42 Å². The fourth-order valence-corrected chi connectivity index (χ4v) is 4.28. The van der Waals surface area contributed by atoms with Crippen molar-refractivity contribution in [2.75, 3.05) is 38.4 Å². The van der Waals surface area contributed by atoms with Crippen LogP contribution in [0.1, 0.15) is 30.0 Å². The van der Waals surface area contributed by atoms with Gasteiger partial charge in [-0.05, 0) is 54.8 Å². The molecule has 2 aliphatic rings. The fourth-order valence-electron chi connectivity index (χ4n) is 3.90. The lowest BCUT2D eigenvalue weighted by Gasteiger charge is -2.26. The minimum absolute atomic E-state index is 0.0275. The van der Waals surface area contributed by atoms with E-state index in [1.165, 1.54) is 23.8 Å². The molecule has 2 aromatic rings. The second kappa shape index (κ2) is 8.63. The molecule has 2 heterocycles. The Hall–Kier alpha value is -2.25. The zero-order valence-corrected chi connectivity index (χ0v) is 17.5. The summed E-state index contributed by atoms with van der Waals surface area (Å²) in [5.41, 5.74) is 2.48. The Morgan fingerprint density at radius 1 is 1.07 bits per heavy atom. The van der Waals surface area contributed by atoms with Crippen molar-refractivity contribution >= 4 is 9.84 Å². The first-order chi connectivity index (χ1) is 14.0. The highest BCUT2D eigenvalue weighted by atomic mass is 32.2. The van der Waals surface area contributed by atoms with Crippen LogP contribution in [0.25, 0.3) is 0 Å². The maximum atomic E-state index is 11.2. The summed E-state index contributed by atoms with van der Waals surface area (Å²) in [5.74, 6) is 2.40. The maximum absolute atomic E-state index is 11.2. The van der Waals surface area contributed by atoms with Crippen LogP contribution in [0.15, 0.2) is 42.5 Å². The van der Waals surface area contributed by atoms with Gasteiger partial charge in [-0.15, -0.1) is 0 Å². The Morgan fingerprint density at radius 2 is 1.83 bits per heavy atom. The monoisotopic (exact) mass is 417 g/mol. The Balaban J connectivity index is 1.38. The van der Waals surface area contributed by atoms with Crippen molar-refractivity contribution in [1.29, 1.82) is 0 Å². The van der Waals surface area contributed by atoms with E-state index < -0.39 is 9.84 Å². The number of likely N-dealkylation sites (tertiary alicyclic amines) is 1. The lowest BCUT2D eigenvalue weighted by molar-refractivity contribution is 0.170. The number of hydrogen-bond acceptors (Lipinski definition) is 6. The normalized spacial score (nSPS) is 19.3. The molecule has 1 fully saturated rings. The van der Waals surface area contributed by atoms with E-state index in [9.17, 15) is 8.42 Å². The average molecular weight is 418 g/mol. The molecule has 0 bridgehead atoms. The molecule has 0 aromatic heterocycles. The van der Waals surface area contributed by atoms with Crippen molar-refractivity contribution in [2.24, 2.45) is 0 Å². The van der Waals surface area contributed by atoms with Gasteiger partial charge < -0.3 is 14.2 Å². The highest BCUT2D eigenvalue weighted by Crippen LogP contribution is 2.38. The summed E-state index contributed by atoms with van der Waals surface area (Å²) >= 11 is 0. The first kappa shape index (κ1) is 20.0. The quantitative estimate of drug-likeness (QED) is 0.689. The Bertz CT molecular complexity index is 942. The highest BCUT2D eigenvalue weighted by Gasteiger charge is 2.27. The van der Waals surface area contributed by atoms with Crippen LogP contribution in [0.3, 0.4) is 0 Å². The van der Waals surface area contributed by atoms with Crippen molar-refractivity contribution in [3.63, 3.8) is 0 Å². The van der Waals surface area contributed by atoms with Gasteiger partial charge in [0.2, 0.25) is 0 Å². The topological polar surface area (TPSA) is 65.1 Å². The summed E-state index contributed by atoms with van der Waals surface area (Å²) in [4.78, 5) is 2.49. The summed E-state index contributed by atoms with van der Waals surface area (Å²) in [6, 6.07) is 14.6. The zero-order valence-electron chi connectivity index (χ0n) is 16.7. The van der Waals surface area contributed by atoms with Crippen LogP contribution in [0.4, 0.5) is 0 Å². The Morgan fingerprint density at radius 3 is 2.59 bits per heavy atom. The molecule has 6 nitrogen and oxygen atoms in total. The molecule has 0 N–H and O–H groups in total. The molecule has 0 aliphatic carbocycles. The Kier molecular flexibility index (Phi) is 5.96. The van der Waals surface area contributed by atoms with Gasteiger partial charge >= 0.3 is 0 Å². The SMILES string of the molecule is CS(=O)(=O)CCOc1ccc(CN2CCC[C@H]2c2ccc3c(c2)OCCO3)cc1. The number of benzene rings is 2. The van der Waals surface area contributed by atoms with Crippen LogP contribution < -0.4 is 14.2 Å². The number of rotatable bonds is 7. The summed E-state index contributed by atoms with van der Waals surface area (Å²) in [5, 5.41) is 0. The van der Waals surface area contributed by atoms with Gasteiger partial charge in [0.1, 0.15) is 25.6 Å². The third-order valence-electron chi connectivity index (χ3n) is 5.35. The van der Waals surface area contributed by atoms with Crippen LogP contribution in [0, 0.1) is 0 Å². The predicted octanol–water partition coefficient (Wildman–Crippen LogP) is 3.22. The van der Waals surface area contributed by atoms with Gasteiger partial charge in [0.25, 0.3) is 0 Å². The van der Waals surface area contributed by atoms with E-state index in [1.807, 2.05) is 18.2 Å². The van der Waals surface area contributed by atoms with E-state index in [4.69, 9.17) is 14.2 Å². The van der Waals surface area contributed by atoms with Crippen molar-refractivity contribution in [2.45, 2.75) is 25.4 Å². The Labute approximate surface area is 172 Å². The molecule has 0 spiro atoms. The van der Waals surface area contributed by atoms with Crippen LogP contribution in [-0.2, 0) is 16.4 Å². The molecule has 0 saturated carbocycles. The molecule has 156 valence electrons. The molecular formula is C22H27NO5S. The second-order valence-corrected chi connectivity index (χ2v) is 9.91. The number of nitrogens with zero attached hydrogens (tertiary/aromatic N) is 1. The largest absolute Gasteiger partial charge is 0.493 e. The van der Waals surface area contributed by atoms with E-state index in [1.54, 1.807) is 0 Å². The third kappa shape index (κ3) is 5.22. The standard InChI is InChI=1S/C22H27NO5S/c1-29(24,25)14-13-26-19-7-4-17(5-8-19)16-23-10-2-3-20(23)18-6-9-21-22(15-18)28-12-11-27-21/h4-9,15,20H,2-3,10-14,16H2,1H3/t20-/m0/s1. The smallest absolute Gasteiger partial charge is 0.161 e. The fraction of sp³-hybridized carbons (Fsp3) is 0.455. The van der Waals surface area contributed by atoms with Crippen LogP contribution in [-0.4, -0.2) is 51.7 Å². The first-order valence-corrected chi connectivity index (χ1v) is 12.1. The lowest BCUT2D eigenvalue weighted by atomic mass is 10.0. The summed E-state index contributed by atoms with van der Waals surface area (Å²) in [6.45, 7) is 3.31. The predicted molar refractivity (Wildman–Crippen MR) is 111 cm³/mol. The van der Waals surface area contributed by atoms with Gasteiger partial charge in [-0.3, -0.25) is 4.90 Å². The van der Waals surface area contributed by atoms with Gasteiger partial charge in [-0.1, -0.05) is 18.2 Å². The van der Waals surface area contributed by atoms with Crippen molar-refractivity contribution in [1.82, 2.24) is 4.90 Å². The maximum Gasteiger partial charge on any atom is 0.161 e. The number of hydrogen-bond donors (Lipinski definition) is 0. The molecule has 29 heavy (non-hydrogen) atoms. The first-order valence-electron chi connectivity index (χ1n) is 10.0. The molecular weight excluding hydrogens is 390 g/mol. The van der Waals surface area contributed by atoms with Crippen molar-refractivity contribution in [3.8, 4) is 17.2 Å². The van der Waals surface area contributed by atoms with Crippen molar-refractivity contribution < 1.29 is 22.6 Å². The molecule has 4 rings (SSSR count). The minimum atomic E-state index is -3.01. The van der Waals surface area contributed by atoms with Crippen LogP contribution in [0.5, 0.6) is 17.2 Å².